The van der Waals surface area contributed by atoms with Crippen LogP contribution in [0.3, 0.4) is 0 Å². The number of hydrogen-bond donors (Lipinski definition) is 1. The van der Waals surface area contributed by atoms with Gasteiger partial charge in [-0.05, 0) is 61.2 Å². The number of rotatable bonds is 8. The van der Waals surface area contributed by atoms with Crippen molar-refractivity contribution in [1.29, 1.82) is 0 Å². The number of carbonyl (C=O) groups is 2. The molecule has 2 aromatic rings. The molecule has 174 valence electrons. The van der Waals surface area contributed by atoms with Crippen molar-refractivity contribution >= 4 is 23.1 Å². The maximum Gasteiger partial charge on any atom is 0.278 e. The molecule has 0 atom stereocenters. The van der Waals surface area contributed by atoms with Crippen molar-refractivity contribution in [2.75, 3.05) is 51.8 Å². The van der Waals surface area contributed by atoms with Crippen LogP contribution in [0.15, 0.2) is 48.2 Å². The number of nitrogens with one attached hydrogen (secondary N) is 1. The average Bonchev–Trinajstić information content (AvgIpc) is 3.06. The second kappa shape index (κ2) is 10.2. The lowest BCUT2D eigenvalue weighted by molar-refractivity contribution is -0.136. The molecule has 0 bridgehead atoms. The number of carbonyl (C=O) groups excluding carboxylic acids is 2. The summed E-state index contributed by atoms with van der Waals surface area (Å²) in [5.41, 5.74) is 4.44. The zero-order chi connectivity index (χ0) is 23.4. The molecular weight excluding hydrogens is 418 g/mol. The Morgan fingerprint density at radius 3 is 2.33 bits per heavy atom. The van der Waals surface area contributed by atoms with Gasteiger partial charge in [-0.15, -0.1) is 0 Å². The average molecular weight is 450 g/mol. The third-order valence-electron chi connectivity index (χ3n) is 6.28. The Labute approximate surface area is 195 Å². The van der Waals surface area contributed by atoms with Crippen LogP contribution in [0.2, 0.25) is 0 Å². The molecular formula is C26H31N3O4. The van der Waals surface area contributed by atoms with E-state index in [0.717, 1.165) is 67.4 Å². The van der Waals surface area contributed by atoms with E-state index in [9.17, 15) is 9.59 Å². The molecule has 7 heteroatoms. The van der Waals surface area contributed by atoms with Gasteiger partial charge in [-0.3, -0.25) is 19.4 Å². The highest BCUT2D eigenvalue weighted by Crippen LogP contribution is 2.32. The predicted molar refractivity (Wildman–Crippen MR) is 128 cm³/mol. The molecule has 2 aliphatic heterocycles. The Balaban J connectivity index is 1.58. The molecule has 0 aliphatic carbocycles. The Morgan fingerprint density at radius 2 is 1.67 bits per heavy atom. The summed E-state index contributed by atoms with van der Waals surface area (Å²) in [4.78, 5) is 30.5. The number of benzene rings is 2. The molecule has 1 fully saturated rings. The number of ether oxygens (including phenoxy) is 2. The van der Waals surface area contributed by atoms with Crippen LogP contribution in [0.5, 0.6) is 5.75 Å². The molecule has 1 saturated heterocycles. The summed E-state index contributed by atoms with van der Waals surface area (Å²) < 4.78 is 10.6. The van der Waals surface area contributed by atoms with E-state index in [1.807, 2.05) is 56.3 Å². The lowest BCUT2D eigenvalue weighted by Crippen LogP contribution is -2.39. The zero-order valence-electron chi connectivity index (χ0n) is 19.5. The molecule has 2 aromatic carbocycles. The van der Waals surface area contributed by atoms with Gasteiger partial charge in [0.2, 0.25) is 0 Å². The standard InChI is InChI=1S/C26H31N3O4/c1-18-5-6-20(17-19(18)2)23-24(27-21-7-9-22(32-3)10-8-21)26(31)29(25(23)30)12-4-11-28-13-15-33-16-14-28/h5-10,17,27H,4,11-16H2,1-3H3. The number of anilines is 1. The van der Waals surface area contributed by atoms with Crippen LogP contribution in [0.1, 0.15) is 23.1 Å². The minimum absolute atomic E-state index is 0.249. The van der Waals surface area contributed by atoms with Crippen molar-refractivity contribution in [1.82, 2.24) is 9.80 Å². The van der Waals surface area contributed by atoms with Crippen molar-refractivity contribution in [3.8, 4) is 5.75 Å². The third kappa shape index (κ3) is 5.10. The number of methoxy groups -OCH3 is 1. The van der Waals surface area contributed by atoms with Crippen LogP contribution in [0.4, 0.5) is 5.69 Å². The number of hydrogen-bond acceptors (Lipinski definition) is 6. The van der Waals surface area contributed by atoms with Gasteiger partial charge in [0.1, 0.15) is 11.4 Å². The van der Waals surface area contributed by atoms with Crippen molar-refractivity contribution in [3.63, 3.8) is 0 Å². The largest absolute Gasteiger partial charge is 0.497 e. The Kier molecular flexibility index (Phi) is 7.11. The normalized spacial score (nSPS) is 17.1. The van der Waals surface area contributed by atoms with E-state index in [2.05, 4.69) is 10.2 Å². The summed E-state index contributed by atoms with van der Waals surface area (Å²) in [5.74, 6) is 0.190. The van der Waals surface area contributed by atoms with E-state index < -0.39 is 0 Å². The number of morpholine rings is 1. The van der Waals surface area contributed by atoms with Crippen LogP contribution in [0.25, 0.3) is 5.57 Å². The first-order valence-corrected chi connectivity index (χ1v) is 11.4. The number of aryl methyl sites for hydroxylation is 2. The molecule has 2 heterocycles. The highest BCUT2D eigenvalue weighted by Gasteiger charge is 2.39. The molecule has 4 rings (SSSR count). The first kappa shape index (κ1) is 23.0. The summed E-state index contributed by atoms with van der Waals surface area (Å²) >= 11 is 0. The Morgan fingerprint density at radius 1 is 0.939 bits per heavy atom. The van der Waals surface area contributed by atoms with Gasteiger partial charge in [0.25, 0.3) is 11.8 Å². The highest BCUT2D eigenvalue weighted by atomic mass is 16.5. The van der Waals surface area contributed by atoms with Gasteiger partial charge >= 0.3 is 0 Å². The lowest BCUT2D eigenvalue weighted by atomic mass is 9.99. The Bertz CT molecular complexity index is 1060. The number of nitrogens with zero attached hydrogens (tertiary/aromatic N) is 2. The topological polar surface area (TPSA) is 71.1 Å². The highest BCUT2D eigenvalue weighted by molar-refractivity contribution is 6.36. The molecule has 1 N–H and O–H groups in total. The molecule has 0 aromatic heterocycles. The van der Waals surface area contributed by atoms with Gasteiger partial charge in [0.15, 0.2) is 0 Å². The number of imide groups is 1. The van der Waals surface area contributed by atoms with E-state index in [1.165, 1.54) is 4.90 Å². The van der Waals surface area contributed by atoms with Crippen LogP contribution >= 0.6 is 0 Å². The maximum atomic E-state index is 13.4. The maximum absolute atomic E-state index is 13.4. The lowest BCUT2D eigenvalue weighted by Gasteiger charge is -2.27. The van der Waals surface area contributed by atoms with E-state index in [-0.39, 0.29) is 11.8 Å². The van der Waals surface area contributed by atoms with Crippen LogP contribution in [0, 0.1) is 13.8 Å². The van der Waals surface area contributed by atoms with Gasteiger partial charge in [0, 0.05) is 31.9 Å². The van der Waals surface area contributed by atoms with Gasteiger partial charge in [-0.2, -0.15) is 0 Å². The summed E-state index contributed by atoms with van der Waals surface area (Å²) in [7, 11) is 1.61. The molecule has 33 heavy (non-hydrogen) atoms. The van der Waals surface area contributed by atoms with Crippen LogP contribution in [-0.2, 0) is 14.3 Å². The number of amides is 2. The summed E-state index contributed by atoms with van der Waals surface area (Å²) in [6, 6.07) is 13.2. The molecule has 0 spiro atoms. The third-order valence-corrected chi connectivity index (χ3v) is 6.28. The minimum atomic E-state index is -0.286. The SMILES string of the molecule is COc1ccc(NC2=C(c3ccc(C)c(C)c3)C(=O)N(CCCN3CCOCC3)C2=O)cc1. The predicted octanol–water partition coefficient (Wildman–Crippen LogP) is 3.23. The smallest absolute Gasteiger partial charge is 0.278 e. The fraction of sp³-hybridized carbons (Fsp3) is 0.385. The first-order valence-electron chi connectivity index (χ1n) is 11.4. The van der Waals surface area contributed by atoms with Crippen molar-refractivity contribution in [2.45, 2.75) is 20.3 Å². The van der Waals surface area contributed by atoms with E-state index in [4.69, 9.17) is 9.47 Å². The molecule has 0 saturated carbocycles. The van der Waals surface area contributed by atoms with E-state index in [0.29, 0.717) is 17.8 Å². The first-order chi connectivity index (χ1) is 16.0. The van der Waals surface area contributed by atoms with Crippen LogP contribution in [-0.4, -0.2) is 68.1 Å². The molecule has 2 amide bonds. The second-order valence-corrected chi connectivity index (χ2v) is 8.47. The van der Waals surface area contributed by atoms with Gasteiger partial charge in [0.05, 0.1) is 25.9 Å². The van der Waals surface area contributed by atoms with Gasteiger partial charge in [-0.1, -0.05) is 18.2 Å². The quantitative estimate of drug-likeness (QED) is 0.624. The molecule has 7 nitrogen and oxygen atoms in total. The molecule has 2 aliphatic rings. The zero-order valence-corrected chi connectivity index (χ0v) is 19.5. The minimum Gasteiger partial charge on any atom is -0.497 e. The molecule has 0 unspecified atom stereocenters. The second-order valence-electron chi connectivity index (χ2n) is 8.47. The Hall–Kier alpha value is -3.16. The van der Waals surface area contributed by atoms with E-state index in [1.54, 1.807) is 7.11 Å². The van der Waals surface area contributed by atoms with Crippen LogP contribution < -0.4 is 10.1 Å². The summed E-state index contributed by atoms with van der Waals surface area (Å²) in [6.45, 7) is 8.50. The fourth-order valence-electron chi connectivity index (χ4n) is 4.16. The summed E-state index contributed by atoms with van der Waals surface area (Å²) in [6.07, 6.45) is 0.730. The van der Waals surface area contributed by atoms with E-state index >= 15 is 0 Å². The van der Waals surface area contributed by atoms with Crippen molar-refractivity contribution in [3.05, 3.63) is 64.9 Å². The molecule has 0 radical (unpaired) electrons. The monoisotopic (exact) mass is 449 g/mol. The fourth-order valence-corrected chi connectivity index (χ4v) is 4.16. The van der Waals surface area contributed by atoms with Crippen molar-refractivity contribution in [2.24, 2.45) is 0 Å². The summed E-state index contributed by atoms with van der Waals surface area (Å²) in [5, 5.41) is 3.21. The van der Waals surface area contributed by atoms with Crippen molar-refractivity contribution < 1.29 is 19.1 Å². The van der Waals surface area contributed by atoms with Gasteiger partial charge in [-0.25, -0.2) is 0 Å². The van der Waals surface area contributed by atoms with Gasteiger partial charge < -0.3 is 14.8 Å².